The van der Waals surface area contributed by atoms with E-state index in [1.165, 1.54) is 5.56 Å². The van der Waals surface area contributed by atoms with Crippen LogP contribution in [0.4, 0.5) is 10.5 Å². The summed E-state index contributed by atoms with van der Waals surface area (Å²) in [5, 5.41) is 2.64. The Morgan fingerprint density at radius 3 is 2.12 bits per heavy atom. The Balaban J connectivity index is 2.02. The maximum absolute atomic E-state index is 12.1. The van der Waals surface area contributed by atoms with E-state index < -0.39 is 36.3 Å². The average molecular weight is 345 g/mol. The van der Waals surface area contributed by atoms with Crippen molar-refractivity contribution in [2.45, 2.75) is 46.1 Å². The highest BCUT2D eigenvalue weighted by atomic mass is 16.2. The number of nitrogens with one attached hydrogen (secondary N) is 1. The van der Waals surface area contributed by atoms with Crippen LogP contribution in [-0.2, 0) is 14.4 Å². The molecule has 7 heteroatoms. The SMILES string of the molecule is CC[C@@H](C)c1ccc(NC(=O)CN2C(=O)C(=O)N(C(C)C)C2=O)cc1. The molecule has 7 nitrogen and oxygen atoms in total. The van der Waals surface area contributed by atoms with E-state index in [2.05, 4.69) is 19.2 Å². The zero-order valence-corrected chi connectivity index (χ0v) is 14.9. The van der Waals surface area contributed by atoms with Gasteiger partial charge in [-0.15, -0.1) is 0 Å². The van der Waals surface area contributed by atoms with Crippen molar-refractivity contribution < 1.29 is 19.2 Å². The maximum atomic E-state index is 12.1. The molecule has 1 fully saturated rings. The molecule has 0 saturated carbocycles. The number of anilines is 1. The molecule has 0 unspecified atom stereocenters. The van der Waals surface area contributed by atoms with Crippen molar-refractivity contribution >= 4 is 29.4 Å². The van der Waals surface area contributed by atoms with Crippen LogP contribution in [-0.4, -0.2) is 46.1 Å². The van der Waals surface area contributed by atoms with Gasteiger partial charge in [0, 0.05) is 11.7 Å². The van der Waals surface area contributed by atoms with Crippen molar-refractivity contribution in [2.24, 2.45) is 0 Å². The fraction of sp³-hybridized carbons (Fsp3) is 0.444. The molecule has 0 spiro atoms. The predicted molar refractivity (Wildman–Crippen MR) is 92.9 cm³/mol. The van der Waals surface area contributed by atoms with Crippen molar-refractivity contribution in [3.05, 3.63) is 29.8 Å². The summed E-state index contributed by atoms with van der Waals surface area (Å²) in [5.41, 5.74) is 1.74. The van der Waals surface area contributed by atoms with Gasteiger partial charge in [-0.05, 0) is 43.9 Å². The Kier molecular flexibility index (Phi) is 5.56. The van der Waals surface area contributed by atoms with Gasteiger partial charge in [-0.1, -0.05) is 26.0 Å². The van der Waals surface area contributed by atoms with E-state index in [9.17, 15) is 19.2 Å². The first-order valence-corrected chi connectivity index (χ1v) is 8.35. The lowest BCUT2D eigenvalue weighted by Crippen LogP contribution is -2.40. The molecule has 0 radical (unpaired) electrons. The lowest BCUT2D eigenvalue weighted by molar-refractivity contribution is -0.144. The fourth-order valence-corrected chi connectivity index (χ4v) is 2.59. The van der Waals surface area contributed by atoms with Crippen LogP contribution in [0.2, 0.25) is 0 Å². The van der Waals surface area contributed by atoms with E-state index in [1.807, 2.05) is 12.1 Å². The third-order valence-corrected chi connectivity index (χ3v) is 4.28. The molecule has 25 heavy (non-hydrogen) atoms. The first-order chi connectivity index (χ1) is 11.8. The van der Waals surface area contributed by atoms with Crippen LogP contribution in [0.3, 0.4) is 0 Å². The number of imide groups is 2. The number of hydrogen-bond acceptors (Lipinski definition) is 4. The molecule has 1 aromatic carbocycles. The number of benzene rings is 1. The third kappa shape index (κ3) is 3.87. The summed E-state index contributed by atoms with van der Waals surface area (Å²) < 4.78 is 0. The molecular formula is C18H23N3O4. The summed E-state index contributed by atoms with van der Waals surface area (Å²) in [5.74, 6) is -1.97. The standard InChI is InChI=1S/C18H23N3O4/c1-5-12(4)13-6-8-14(9-7-13)19-15(22)10-20-16(23)17(24)21(11(2)3)18(20)25/h6-9,11-12H,5,10H2,1-4H3,(H,19,22)/t12-/m1/s1. The number of hydrogen-bond donors (Lipinski definition) is 1. The number of amides is 5. The number of urea groups is 1. The summed E-state index contributed by atoms with van der Waals surface area (Å²) in [7, 11) is 0. The summed E-state index contributed by atoms with van der Waals surface area (Å²) in [6.07, 6.45) is 1.02. The Morgan fingerprint density at radius 1 is 1.04 bits per heavy atom. The molecule has 0 aromatic heterocycles. The van der Waals surface area contributed by atoms with Crippen LogP contribution < -0.4 is 5.32 Å². The normalized spacial score (nSPS) is 16.0. The molecule has 0 bridgehead atoms. The summed E-state index contributed by atoms with van der Waals surface area (Å²) >= 11 is 0. The van der Waals surface area contributed by atoms with Crippen molar-refractivity contribution in [2.75, 3.05) is 11.9 Å². The Labute approximate surface area is 147 Å². The van der Waals surface area contributed by atoms with E-state index in [-0.39, 0.29) is 0 Å². The van der Waals surface area contributed by atoms with Crippen LogP contribution in [0.5, 0.6) is 0 Å². The van der Waals surface area contributed by atoms with Gasteiger partial charge >= 0.3 is 17.8 Å². The first kappa shape index (κ1) is 18.6. The first-order valence-electron chi connectivity index (χ1n) is 8.35. The van der Waals surface area contributed by atoms with Gasteiger partial charge in [0.2, 0.25) is 5.91 Å². The van der Waals surface area contributed by atoms with Gasteiger partial charge in [0.15, 0.2) is 0 Å². The monoisotopic (exact) mass is 345 g/mol. The van der Waals surface area contributed by atoms with Gasteiger partial charge < -0.3 is 5.32 Å². The minimum atomic E-state index is -0.971. The summed E-state index contributed by atoms with van der Waals surface area (Å²) in [6, 6.07) is 6.22. The van der Waals surface area contributed by atoms with E-state index in [0.717, 1.165) is 11.3 Å². The van der Waals surface area contributed by atoms with Crippen LogP contribution in [0, 0.1) is 0 Å². The lowest BCUT2D eigenvalue weighted by Gasteiger charge is -2.18. The molecule has 134 valence electrons. The molecule has 1 atom stereocenters. The number of rotatable bonds is 6. The summed E-state index contributed by atoms with van der Waals surface area (Å²) in [6.45, 7) is 7.00. The zero-order valence-electron chi connectivity index (χ0n) is 14.9. The van der Waals surface area contributed by atoms with Crippen molar-refractivity contribution in [3.8, 4) is 0 Å². The van der Waals surface area contributed by atoms with Gasteiger partial charge in [-0.25, -0.2) is 9.69 Å². The highest BCUT2D eigenvalue weighted by Crippen LogP contribution is 2.21. The molecule has 1 saturated heterocycles. The van der Waals surface area contributed by atoms with Gasteiger partial charge in [-0.2, -0.15) is 0 Å². The molecular weight excluding hydrogens is 322 g/mol. The summed E-state index contributed by atoms with van der Waals surface area (Å²) in [4.78, 5) is 49.5. The van der Waals surface area contributed by atoms with Crippen molar-refractivity contribution in [3.63, 3.8) is 0 Å². The van der Waals surface area contributed by atoms with Crippen LogP contribution >= 0.6 is 0 Å². The third-order valence-electron chi connectivity index (χ3n) is 4.28. The lowest BCUT2D eigenvalue weighted by atomic mass is 9.99. The van der Waals surface area contributed by atoms with E-state index in [1.54, 1.807) is 26.0 Å². The second-order valence-corrected chi connectivity index (χ2v) is 6.42. The molecule has 1 aliphatic heterocycles. The van der Waals surface area contributed by atoms with Gasteiger partial charge in [0.05, 0.1) is 0 Å². The largest absolute Gasteiger partial charge is 0.334 e. The Morgan fingerprint density at radius 2 is 1.64 bits per heavy atom. The second kappa shape index (κ2) is 7.46. The molecule has 5 amide bonds. The minimum absolute atomic E-state index is 0.428. The van der Waals surface area contributed by atoms with Crippen LogP contribution in [0.15, 0.2) is 24.3 Å². The second-order valence-electron chi connectivity index (χ2n) is 6.42. The minimum Gasteiger partial charge on any atom is -0.325 e. The predicted octanol–water partition coefficient (Wildman–Crippen LogP) is 2.34. The fourth-order valence-electron chi connectivity index (χ4n) is 2.59. The molecule has 1 aromatic rings. The Bertz CT molecular complexity index is 697. The Hall–Kier alpha value is -2.70. The van der Waals surface area contributed by atoms with Crippen LogP contribution in [0.1, 0.15) is 45.6 Å². The highest BCUT2D eigenvalue weighted by molar-refractivity contribution is 6.45. The van der Waals surface area contributed by atoms with Crippen LogP contribution in [0.25, 0.3) is 0 Å². The molecule has 1 aliphatic rings. The van der Waals surface area contributed by atoms with Gasteiger partial charge in [0.1, 0.15) is 6.54 Å². The molecule has 2 rings (SSSR count). The number of nitrogens with zero attached hydrogens (tertiary/aromatic N) is 2. The quantitative estimate of drug-likeness (QED) is 0.633. The van der Waals surface area contributed by atoms with Crippen molar-refractivity contribution in [1.29, 1.82) is 0 Å². The number of carbonyl (C=O) groups is 4. The van der Waals surface area contributed by atoms with E-state index in [0.29, 0.717) is 16.5 Å². The maximum Gasteiger partial charge on any atom is 0.334 e. The average Bonchev–Trinajstić information content (AvgIpc) is 2.78. The zero-order chi connectivity index (χ0) is 18.7. The van der Waals surface area contributed by atoms with Gasteiger partial charge in [0.25, 0.3) is 0 Å². The van der Waals surface area contributed by atoms with Crippen molar-refractivity contribution in [1.82, 2.24) is 9.80 Å². The molecule has 1 heterocycles. The number of carbonyl (C=O) groups excluding carboxylic acids is 4. The van der Waals surface area contributed by atoms with E-state index >= 15 is 0 Å². The molecule has 1 N–H and O–H groups in total. The highest BCUT2D eigenvalue weighted by Gasteiger charge is 2.46. The van der Waals surface area contributed by atoms with E-state index in [4.69, 9.17) is 0 Å². The van der Waals surface area contributed by atoms with Gasteiger partial charge in [-0.3, -0.25) is 19.3 Å². The molecule has 0 aliphatic carbocycles. The topological polar surface area (TPSA) is 86.8 Å². The smallest absolute Gasteiger partial charge is 0.325 e.